The molecule has 0 saturated carbocycles. The Morgan fingerprint density at radius 3 is 2.74 bits per heavy atom. The van der Waals surface area contributed by atoms with Crippen molar-refractivity contribution in [2.45, 2.75) is 77.6 Å². The Kier molecular flexibility index (Phi) is 8.12. The van der Waals surface area contributed by atoms with Gasteiger partial charge in [-0.15, -0.1) is 0 Å². The van der Waals surface area contributed by atoms with E-state index in [1.165, 1.54) is 7.11 Å². The summed E-state index contributed by atoms with van der Waals surface area (Å²) in [6.07, 6.45) is 4.79. The molecule has 0 amide bonds. The molecule has 2 aliphatic heterocycles. The molecule has 2 aromatic heterocycles. The minimum Gasteiger partial charge on any atom is -0.479 e. The third kappa shape index (κ3) is 5.49. The molecule has 210 valence electrons. The zero-order valence-electron chi connectivity index (χ0n) is 23.5. The number of nitrogens with zero attached hydrogens (tertiary/aromatic N) is 6. The van der Waals surface area contributed by atoms with Crippen molar-refractivity contribution in [1.82, 2.24) is 24.6 Å². The van der Waals surface area contributed by atoms with Gasteiger partial charge in [-0.1, -0.05) is 24.6 Å². The molecule has 1 N–H and O–H groups in total. The van der Waals surface area contributed by atoms with Gasteiger partial charge in [-0.25, -0.2) is 19.4 Å². The minimum atomic E-state index is -0.879. The van der Waals surface area contributed by atoms with E-state index in [0.717, 1.165) is 77.7 Å². The van der Waals surface area contributed by atoms with Crippen molar-refractivity contribution in [2.24, 2.45) is 5.92 Å². The SMILES string of the molecule is COC(CC1CCCN1C1CCN(c2cnc3c(C)nn(C(C)c4ccc(Cl)cc4C)c3n2)CC1C)C(=O)O. The van der Waals surface area contributed by atoms with Crippen LogP contribution in [0.1, 0.15) is 62.4 Å². The number of carboxylic acids is 1. The third-order valence-corrected chi connectivity index (χ3v) is 8.92. The molecule has 3 aromatic rings. The molecule has 10 heteroatoms. The number of likely N-dealkylation sites (tertiary alicyclic amines) is 1. The second-order valence-corrected chi connectivity index (χ2v) is 11.7. The number of carboxylic acid groups (broad SMARTS) is 1. The molecule has 0 bridgehead atoms. The maximum atomic E-state index is 11.6. The Balaban J connectivity index is 1.34. The molecule has 9 nitrogen and oxygen atoms in total. The number of hydrogen-bond acceptors (Lipinski definition) is 7. The van der Waals surface area contributed by atoms with E-state index < -0.39 is 12.1 Å². The van der Waals surface area contributed by atoms with Gasteiger partial charge in [0.05, 0.1) is 17.9 Å². The zero-order valence-corrected chi connectivity index (χ0v) is 24.2. The number of fused-ring (bicyclic) bond motifs is 1. The molecule has 39 heavy (non-hydrogen) atoms. The van der Waals surface area contributed by atoms with Crippen LogP contribution < -0.4 is 4.90 Å². The number of piperidine rings is 1. The van der Waals surface area contributed by atoms with E-state index in [1.54, 1.807) is 0 Å². The number of benzene rings is 1. The Morgan fingerprint density at radius 1 is 1.26 bits per heavy atom. The van der Waals surface area contributed by atoms with Gasteiger partial charge in [0.2, 0.25) is 0 Å². The van der Waals surface area contributed by atoms with Crippen molar-refractivity contribution in [2.75, 3.05) is 31.6 Å². The third-order valence-electron chi connectivity index (χ3n) is 8.69. The molecule has 5 rings (SSSR count). The Labute approximate surface area is 235 Å². The molecular formula is C29H39ClN6O3. The van der Waals surface area contributed by atoms with Gasteiger partial charge >= 0.3 is 5.97 Å². The zero-order chi connectivity index (χ0) is 27.8. The lowest BCUT2D eigenvalue weighted by atomic mass is 9.91. The van der Waals surface area contributed by atoms with Gasteiger partial charge in [-0.2, -0.15) is 5.10 Å². The average molecular weight is 555 g/mol. The summed E-state index contributed by atoms with van der Waals surface area (Å²) in [7, 11) is 1.49. The van der Waals surface area contributed by atoms with Gasteiger partial charge in [0.15, 0.2) is 11.8 Å². The number of rotatable bonds is 8. The van der Waals surface area contributed by atoms with Gasteiger partial charge in [-0.05, 0) is 82.2 Å². The van der Waals surface area contributed by atoms with Crippen LogP contribution in [0.25, 0.3) is 11.2 Å². The van der Waals surface area contributed by atoms with Crippen molar-refractivity contribution in [3.8, 4) is 0 Å². The van der Waals surface area contributed by atoms with Crippen LogP contribution in [0.4, 0.5) is 5.82 Å². The second-order valence-electron chi connectivity index (χ2n) is 11.2. The first-order valence-corrected chi connectivity index (χ1v) is 14.3. The summed E-state index contributed by atoms with van der Waals surface area (Å²) in [6, 6.07) is 6.61. The Bertz CT molecular complexity index is 1350. The fourth-order valence-electron chi connectivity index (χ4n) is 6.63. The average Bonchev–Trinajstić information content (AvgIpc) is 3.50. The number of aryl methyl sites for hydroxylation is 2. The van der Waals surface area contributed by atoms with Crippen LogP contribution in [0.15, 0.2) is 24.4 Å². The quantitative estimate of drug-likeness (QED) is 0.421. The lowest BCUT2D eigenvalue weighted by Gasteiger charge is -2.44. The highest BCUT2D eigenvalue weighted by molar-refractivity contribution is 6.30. The number of anilines is 1. The predicted molar refractivity (Wildman–Crippen MR) is 153 cm³/mol. The Morgan fingerprint density at radius 2 is 2.05 bits per heavy atom. The first-order valence-electron chi connectivity index (χ1n) is 13.9. The van der Waals surface area contributed by atoms with E-state index in [9.17, 15) is 9.90 Å². The summed E-state index contributed by atoms with van der Waals surface area (Å²) in [5.74, 6) is 0.401. The summed E-state index contributed by atoms with van der Waals surface area (Å²) >= 11 is 6.20. The van der Waals surface area contributed by atoms with E-state index in [2.05, 4.69) is 36.6 Å². The van der Waals surface area contributed by atoms with E-state index in [-0.39, 0.29) is 12.1 Å². The standard InChI is InChI=1S/C29H39ClN6O3/c1-17-13-21(30)8-9-23(17)20(4)36-28-27(19(3)33-36)31-15-26(32-28)34-12-10-24(18(2)16-34)35-11-6-7-22(35)14-25(39-5)29(37)38/h8-9,13,15,18,20,22,24-25H,6-7,10-12,14,16H2,1-5H3,(H,37,38). The van der Waals surface area contributed by atoms with Crippen molar-refractivity contribution in [3.63, 3.8) is 0 Å². The summed E-state index contributed by atoms with van der Waals surface area (Å²) < 4.78 is 7.23. The van der Waals surface area contributed by atoms with Crippen LogP contribution in [0.3, 0.4) is 0 Å². The number of halogens is 1. The molecule has 2 fully saturated rings. The number of hydrogen-bond donors (Lipinski definition) is 1. The first kappa shape index (κ1) is 27.8. The second kappa shape index (κ2) is 11.4. The van der Waals surface area contributed by atoms with Gasteiger partial charge in [-0.3, -0.25) is 4.90 Å². The summed E-state index contributed by atoms with van der Waals surface area (Å²) in [4.78, 5) is 26.3. The molecule has 0 radical (unpaired) electrons. The first-order chi connectivity index (χ1) is 18.7. The number of carbonyl (C=O) groups is 1. The lowest BCUT2D eigenvalue weighted by Crippen LogP contribution is -2.52. The summed E-state index contributed by atoms with van der Waals surface area (Å²) in [5.41, 5.74) is 4.76. The highest BCUT2D eigenvalue weighted by Gasteiger charge is 2.38. The molecular weight excluding hydrogens is 516 g/mol. The molecule has 4 heterocycles. The van der Waals surface area contributed by atoms with E-state index in [0.29, 0.717) is 18.4 Å². The van der Waals surface area contributed by atoms with Crippen LogP contribution in [0.5, 0.6) is 0 Å². The van der Waals surface area contributed by atoms with Gasteiger partial charge in [0.25, 0.3) is 0 Å². The lowest BCUT2D eigenvalue weighted by molar-refractivity contribution is -0.149. The van der Waals surface area contributed by atoms with E-state index >= 15 is 0 Å². The maximum Gasteiger partial charge on any atom is 0.332 e. The molecule has 5 atom stereocenters. The van der Waals surface area contributed by atoms with Gasteiger partial charge < -0.3 is 14.7 Å². The van der Waals surface area contributed by atoms with Crippen LogP contribution in [0, 0.1) is 19.8 Å². The normalized spacial score (nSPS) is 23.8. The summed E-state index contributed by atoms with van der Waals surface area (Å²) in [6.45, 7) is 11.2. The largest absolute Gasteiger partial charge is 0.479 e. The van der Waals surface area contributed by atoms with Crippen LogP contribution in [-0.2, 0) is 9.53 Å². The van der Waals surface area contributed by atoms with Crippen LogP contribution in [0.2, 0.25) is 5.02 Å². The molecule has 2 aliphatic rings. The smallest absolute Gasteiger partial charge is 0.332 e. The highest BCUT2D eigenvalue weighted by atomic mass is 35.5. The highest BCUT2D eigenvalue weighted by Crippen LogP contribution is 2.33. The molecule has 1 aromatic carbocycles. The van der Waals surface area contributed by atoms with E-state index in [4.69, 9.17) is 31.4 Å². The van der Waals surface area contributed by atoms with E-state index in [1.807, 2.05) is 29.9 Å². The van der Waals surface area contributed by atoms with Crippen LogP contribution in [-0.4, -0.2) is 80.7 Å². The number of aliphatic carboxylic acids is 1. The fourth-order valence-corrected chi connectivity index (χ4v) is 6.86. The monoisotopic (exact) mass is 554 g/mol. The topological polar surface area (TPSA) is 96.6 Å². The predicted octanol–water partition coefficient (Wildman–Crippen LogP) is 4.87. The van der Waals surface area contributed by atoms with Crippen molar-refractivity contribution in [1.29, 1.82) is 0 Å². The van der Waals surface area contributed by atoms with Gasteiger partial charge in [0, 0.05) is 37.3 Å². The number of methoxy groups -OCH3 is 1. The van der Waals surface area contributed by atoms with Crippen molar-refractivity contribution < 1.29 is 14.6 Å². The van der Waals surface area contributed by atoms with Crippen LogP contribution >= 0.6 is 11.6 Å². The minimum absolute atomic E-state index is 0.0125. The Hall–Kier alpha value is -2.75. The molecule has 0 aliphatic carbocycles. The van der Waals surface area contributed by atoms with Crippen molar-refractivity contribution >= 4 is 34.6 Å². The molecule has 2 saturated heterocycles. The number of aromatic nitrogens is 4. The van der Waals surface area contributed by atoms with Gasteiger partial charge in [0.1, 0.15) is 11.3 Å². The fraction of sp³-hybridized carbons (Fsp3) is 0.586. The maximum absolute atomic E-state index is 11.6. The number of ether oxygens (including phenoxy) is 1. The molecule has 5 unspecified atom stereocenters. The van der Waals surface area contributed by atoms with Crippen molar-refractivity contribution in [3.05, 3.63) is 46.2 Å². The summed E-state index contributed by atoms with van der Waals surface area (Å²) in [5, 5.41) is 15.0. The molecule has 0 spiro atoms.